The highest BCUT2D eigenvalue weighted by Gasteiger charge is 2.23. The Morgan fingerprint density at radius 2 is 2.17 bits per heavy atom. The second kappa shape index (κ2) is 5.83. The highest BCUT2D eigenvalue weighted by Crippen LogP contribution is 2.32. The highest BCUT2D eigenvalue weighted by atomic mass is 16.5. The van der Waals surface area contributed by atoms with Crippen molar-refractivity contribution in [2.24, 2.45) is 5.84 Å². The van der Waals surface area contributed by atoms with Crippen LogP contribution in [0.1, 0.15) is 12.8 Å². The molecule has 100 valence electrons. The number of methoxy groups -OCH3 is 1. The SMILES string of the molecule is COc1c(NN)ncnc1N(C)C1CCOCC1. The lowest BCUT2D eigenvalue weighted by Crippen LogP contribution is -2.37. The van der Waals surface area contributed by atoms with Crippen LogP contribution in [-0.2, 0) is 4.74 Å². The third kappa shape index (κ3) is 2.46. The zero-order valence-electron chi connectivity index (χ0n) is 10.7. The summed E-state index contributed by atoms with van der Waals surface area (Å²) in [6.07, 6.45) is 3.44. The Hall–Kier alpha value is -1.60. The van der Waals surface area contributed by atoms with Crippen LogP contribution in [0.25, 0.3) is 0 Å². The molecule has 0 unspecified atom stereocenters. The molecule has 2 heterocycles. The summed E-state index contributed by atoms with van der Waals surface area (Å²) in [5.74, 6) is 7.21. The van der Waals surface area contributed by atoms with E-state index in [9.17, 15) is 0 Å². The smallest absolute Gasteiger partial charge is 0.205 e. The lowest BCUT2D eigenvalue weighted by molar-refractivity contribution is 0.0852. The zero-order valence-corrected chi connectivity index (χ0v) is 10.7. The van der Waals surface area contributed by atoms with Gasteiger partial charge in [0.15, 0.2) is 11.6 Å². The summed E-state index contributed by atoms with van der Waals surface area (Å²) in [5, 5.41) is 0. The van der Waals surface area contributed by atoms with Crippen LogP contribution in [0.15, 0.2) is 6.33 Å². The Balaban J connectivity index is 2.25. The van der Waals surface area contributed by atoms with Crippen LogP contribution >= 0.6 is 0 Å². The van der Waals surface area contributed by atoms with E-state index in [4.69, 9.17) is 15.3 Å². The van der Waals surface area contributed by atoms with Gasteiger partial charge in [0.1, 0.15) is 6.33 Å². The standard InChI is InChI=1S/C11H19N5O2/c1-16(8-3-5-18-6-4-8)11-9(17-2)10(15-12)13-7-14-11/h7-8H,3-6,12H2,1-2H3,(H,13,14,15). The van der Waals surface area contributed by atoms with Crippen molar-refractivity contribution in [1.29, 1.82) is 0 Å². The second-order valence-electron chi connectivity index (χ2n) is 4.18. The molecule has 18 heavy (non-hydrogen) atoms. The molecule has 1 aromatic rings. The molecule has 0 spiro atoms. The molecule has 0 amide bonds. The van der Waals surface area contributed by atoms with Gasteiger partial charge in [-0.05, 0) is 12.8 Å². The Kier molecular flexibility index (Phi) is 4.16. The summed E-state index contributed by atoms with van der Waals surface area (Å²) < 4.78 is 10.7. The van der Waals surface area contributed by atoms with Gasteiger partial charge in [-0.2, -0.15) is 0 Å². The summed E-state index contributed by atoms with van der Waals surface area (Å²) in [5.41, 5.74) is 2.52. The Bertz CT molecular complexity index is 395. The number of nitrogens with two attached hydrogens (primary N) is 1. The van der Waals surface area contributed by atoms with Crippen LogP contribution in [-0.4, -0.2) is 43.4 Å². The highest BCUT2D eigenvalue weighted by molar-refractivity contribution is 5.64. The molecule has 1 aromatic heterocycles. The first-order valence-electron chi connectivity index (χ1n) is 5.94. The molecule has 1 aliphatic rings. The van der Waals surface area contributed by atoms with E-state index in [-0.39, 0.29) is 0 Å². The fourth-order valence-electron chi connectivity index (χ4n) is 2.15. The lowest BCUT2D eigenvalue weighted by atomic mass is 10.1. The van der Waals surface area contributed by atoms with E-state index in [0.29, 0.717) is 17.6 Å². The van der Waals surface area contributed by atoms with Crippen molar-refractivity contribution in [3.63, 3.8) is 0 Å². The van der Waals surface area contributed by atoms with Crippen LogP contribution < -0.4 is 20.9 Å². The first-order valence-corrected chi connectivity index (χ1v) is 5.94. The molecular weight excluding hydrogens is 234 g/mol. The summed E-state index contributed by atoms with van der Waals surface area (Å²) in [6.45, 7) is 1.56. The van der Waals surface area contributed by atoms with E-state index < -0.39 is 0 Å². The predicted octanol–water partition coefficient (Wildman–Crippen LogP) is 0.386. The van der Waals surface area contributed by atoms with Gasteiger partial charge in [-0.25, -0.2) is 15.8 Å². The topological polar surface area (TPSA) is 85.5 Å². The molecular formula is C11H19N5O2. The van der Waals surface area contributed by atoms with Gasteiger partial charge < -0.3 is 19.8 Å². The number of anilines is 2. The van der Waals surface area contributed by atoms with Crippen molar-refractivity contribution in [2.45, 2.75) is 18.9 Å². The minimum absolute atomic E-state index is 0.396. The minimum Gasteiger partial charge on any atom is -0.490 e. The van der Waals surface area contributed by atoms with Gasteiger partial charge in [0, 0.05) is 26.3 Å². The zero-order chi connectivity index (χ0) is 13.0. The third-order valence-electron chi connectivity index (χ3n) is 3.20. The van der Waals surface area contributed by atoms with Crippen LogP contribution in [0.2, 0.25) is 0 Å². The van der Waals surface area contributed by atoms with E-state index >= 15 is 0 Å². The van der Waals surface area contributed by atoms with Crippen molar-refractivity contribution in [3.05, 3.63) is 6.33 Å². The number of hydrazine groups is 1. The van der Waals surface area contributed by atoms with Gasteiger partial charge in [-0.1, -0.05) is 0 Å². The van der Waals surface area contributed by atoms with Gasteiger partial charge in [-0.3, -0.25) is 0 Å². The average molecular weight is 253 g/mol. The fourth-order valence-corrected chi connectivity index (χ4v) is 2.15. The maximum atomic E-state index is 5.41. The quantitative estimate of drug-likeness (QED) is 0.593. The number of rotatable bonds is 4. The second-order valence-corrected chi connectivity index (χ2v) is 4.18. The van der Waals surface area contributed by atoms with E-state index in [1.165, 1.54) is 6.33 Å². The molecule has 3 N–H and O–H groups in total. The largest absolute Gasteiger partial charge is 0.490 e. The number of ether oxygens (including phenoxy) is 2. The first kappa shape index (κ1) is 12.8. The number of nitrogens with zero attached hydrogens (tertiary/aromatic N) is 3. The molecule has 2 rings (SSSR count). The van der Waals surface area contributed by atoms with Crippen LogP contribution in [0.5, 0.6) is 5.75 Å². The van der Waals surface area contributed by atoms with Crippen molar-refractivity contribution in [3.8, 4) is 5.75 Å². The maximum Gasteiger partial charge on any atom is 0.205 e. The number of hydrogen-bond acceptors (Lipinski definition) is 7. The normalized spacial score (nSPS) is 16.4. The summed E-state index contributed by atoms with van der Waals surface area (Å²) in [4.78, 5) is 10.4. The van der Waals surface area contributed by atoms with Crippen LogP contribution in [0.3, 0.4) is 0 Å². The number of nitrogens with one attached hydrogen (secondary N) is 1. The van der Waals surface area contributed by atoms with E-state index in [1.54, 1.807) is 7.11 Å². The van der Waals surface area contributed by atoms with Crippen molar-refractivity contribution in [1.82, 2.24) is 9.97 Å². The Morgan fingerprint density at radius 3 is 2.78 bits per heavy atom. The van der Waals surface area contributed by atoms with Crippen molar-refractivity contribution < 1.29 is 9.47 Å². The molecule has 0 bridgehead atoms. The number of aromatic nitrogens is 2. The molecule has 7 heteroatoms. The molecule has 1 aliphatic heterocycles. The molecule has 0 radical (unpaired) electrons. The van der Waals surface area contributed by atoms with Crippen LogP contribution in [0, 0.1) is 0 Å². The molecule has 7 nitrogen and oxygen atoms in total. The fraction of sp³-hybridized carbons (Fsp3) is 0.636. The number of hydrogen-bond donors (Lipinski definition) is 2. The van der Waals surface area contributed by atoms with Gasteiger partial charge in [0.05, 0.1) is 7.11 Å². The molecule has 0 aliphatic carbocycles. The first-order chi connectivity index (χ1) is 8.77. The molecule has 1 fully saturated rings. The number of nitrogen functional groups attached to an aromatic ring is 1. The van der Waals surface area contributed by atoms with E-state index in [2.05, 4.69) is 20.3 Å². The predicted molar refractivity (Wildman–Crippen MR) is 68.6 cm³/mol. The minimum atomic E-state index is 0.396. The molecule has 0 aromatic carbocycles. The van der Waals surface area contributed by atoms with Crippen molar-refractivity contribution >= 4 is 11.6 Å². The Morgan fingerprint density at radius 1 is 1.44 bits per heavy atom. The molecule has 0 saturated carbocycles. The third-order valence-corrected chi connectivity index (χ3v) is 3.20. The van der Waals surface area contributed by atoms with E-state index in [1.807, 2.05) is 7.05 Å². The average Bonchev–Trinajstić information content (AvgIpc) is 2.46. The van der Waals surface area contributed by atoms with Gasteiger partial charge in [-0.15, -0.1) is 0 Å². The van der Waals surface area contributed by atoms with Crippen molar-refractivity contribution in [2.75, 3.05) is 37.7 Å². The Labute approximate surface area is 106 Å². The summed E-state index contributed by atoms with van der Waals surface area (Å²) in [6, 6.07) is 0.396. The maximum absolute atomic E-state index is 5.41. The monoisotopic (exact) mass is 253 g/mol. The summed E-state index contributed by atoms with van der Waals surface area (Å²) in [7, 11) is 3.59. The lowest BCUT2D eigenvalue weighted by Gasteiger charge is -2.32. The van der Waals surface area contributed by atoms with Crippen LogP contribution in [0.4, 0.5) is 11.6 Å². The van der Waals surface area contributed by atoms with Gasteiger partial charge in [0.25, 0.3) is 0 Å². The summed E-state index contributed by atoms with van der Waals surface area (Å²) >= 11 is 0. The van der Waals surface area contributed by atoms with E-state index in [0.717, 1.165) is 31.9 Å². The molecule has 0 atom stereocenters. The van der Waals surface area contributed by atoms with Gasteiger partial charge >= 0.3 is 0 Å². The molecule has 1 saturated heterocycles. The van der Waals surface area contributed by atoms with Gasteiger partial charge in [0.2, 0.25) is 5.75 Å².